The maximum absolute atomic E-state index is 9.66. The number of benzene rings is 1. The van der Waals surface area contributed by atoms with Crippen molar-refractivity contribution in [2.75, 3.05) is 24.5 Å². The van der Waals surface area contributed by atoms with Crippen LogP contribution in [0.1, 0.15) is 6.92 Å². The number of aromatic amines is 1. The zero-order valence-electron chi connectivity index (χ0n) is 11.1. The van der Waals surface area contributed by atoms with Crippen molar-refractivity contribution in [2.45, 2.75) is 19.3 Å². The first-order valence-electron chi connectivity index (χ1n) is 6.67. The summed E-state index contributed by atoms with van der Waals surface area (Å²) in [5.41, 5.74) is 8.47. The van der Waals surface area contributed by atoms with Gasteiger partial charge in [-0.3, -0.25) is 4.90 Å². The molecule has 2 aromatic rings. The number of aromatic nitrogens is 1. The fraction of sp³-hybridized carbons (Fsp3) is 0.429. The second kappa shape index (κ2) is 4.85. The highest BCUT2D eigenvalue weighted by Gasteiger charge is 2.27. The van der Waals surface area contributed by atoms with Gasteiger partial charge in [0.2, 0.25) is 0 Å². The molecule has 2 atom stereocenters. The Balaban J connectivity index is 1.84. The lowest BCUT2D eigenvalue weighted by atomic mass is 10.2. The Bertz CT molecular complexity index is 565. The summed E-state index contributed by atoms with van der Waals surface area (Å²) < 4.78 is 0. The van der Waals surface area contributed by atoms with E-state index in [9.17, 15) is 5.11 Å². The summed E-state index contributed by atoms with van der Waals surface area (Å²) in [6.07, 6.45) is 1.41. The van der Waals surface area contributed by atoms with Gasteiger partial charge in [-0.15, -0.1) is 0 Å². The third kappa shape index (κ3) is 2.20. The SMILES string of the molecule is CC(O)N1CCN(c2c[nH]c3ccccc23)CC1N. The average molecular weight is 260 g/mol. The highest BCUT2D eigenvalue weighted by molar-refractivity contribution is 5.92. The number of fused-ring (bicyclic) bond motifs is 1. The number of anilines is 1. The number of H-pyrrole nitrogens is 1. The first-order chi connectivity index (χ1) is 9.16. The van der Waals surface area contributed by atoms with Crippen molar-refractivity contribution in [2.24, 2.45) is 5.73 Å². The molecule has 0 amide bonds. The van der Waals surface area contributed by atoms with Crippen molar-refractivity contribution in [1.29, 1.82) is 0 Å². The molecule has 1 fully saturated rings. The zero-order valence-corrected chi connectivity index (χ0v) is 11.1. The summed E-state index contributed by atoms with van der Waals surface area (Å²) in [5, 5.41) is 10.9. The van der Waals surface area contributed by atoms with Crippen LogP contribution in [0.4, 0.5) is 5.69 Å². The fourth-order valence-corrected chi connectivity index (χ4v) is 2.82. The van der Waals surface area contributed by atoms with Crippen LogP contribution in [0.5, 0.6) is 0 Å². The van der Waals surface area contributed by atoms with Crippen LogP contribution in [0.2, 0.25) is 0 Å². The minimum Gasteiger partial charge on any atom is -0.379 e. The molecule has 5 heteroatoms. The second-order valence-corrected chi connectivity index (χ2v) is 5.10. The summed E-state index contributed by atoms with van der Waals surface area (Å²) >= 11 is 0. The summed E-state index contributed by atoms with van der Waals surface area (Å²) in [7, 11) is 0. The normalized spacial score (nSPS) is 22.9. The first kappa shape index (κ1) is 12.5. The lowest BCUT2D eigenvalue weighted by molar-refractivity contribution is -0.0153. The Morgan fingerprint density at radius 2 is 2.16 bits per heavy atom. The Morgan fingerprint density at radius 1 is 1.37 bits per heavy atom. The second-order valence-electron chi connectivity index (χ2n) is 5.10. The molecule has 2 heterocycles. The molecule has 3 rings (SSSR count). The van der Waals surface area contributed by atoms with Gasteiger partial charge in [-0.1, -0.05) is 18.2 Å². The predicted molar refractivity (Wildman–Crippen MR) is 76.9 cm³/mol. The molecule has 1 saturated heterocycles. The molecule has 19 heavy (non-hydrogen) atoms. The van der Waals surface area contributed by atoms with Gasteiger partial charge in [0.05, 0.1) is 11.9 Å². The van der Waals surface area contributed by atoms with Crippen molar-refractivity contribution in [3.05, 3.63) is 30.5 Å². The van der Waals surface area contributed by atoms with Crippen LogP contribution >= 0.6 is 0 Å². The highest BCUT2D eigenvalue weighted by atomic mass is 16.3. The van der Waals surface area contributed by atoms with Crippen molar-refractivity contribution >= 4 is 16.6 Å². The van der Waals surface area contributed by atoms with Gasteiger partial charge in [0, 0.05) is 36.7 Å². The van der Waals surface area contributed by atoms with Gasteiger partial charge in [-0.25, -0.2) is 0 Å². The van der Waals surface area contributed by atoms with E-state index in [1.54, 1.807) is 6.92 Å². The lowest BCUT2D eigenvalue weighted by Crippen LogP contribution is -2.59. The van der Waals surface area contributed by atoms with E-state index in [4.69, 9.17) is 5.73 Å². The Labute approximate surface area is 112 Å². The van der Waals surface area contributed by atoms with Gasteiger partial charge in [-0.2, -0.15) is 0 Å². The number of piperazine rings is 1. The number of para-hydroxylation sites is 1. The van der Waals surface area contributed by atoms with Gasteiger partial charge in [0.15, 0.2) is 0 Å². The standard InChI is InChI=1S/C14H20N4O/c1-10(19)18-7-6-17(9-14(18)15)13-8-16-12-5-3-2-4-11(12)13/h2-5,8,10,14,16,19H,6-7,9,15H2,1H3. The third-order valence-electron chi connectivity index (χ3n) is 3.85. The number of nitrogens with one attached hydrogen (secondary N) is 1. The minimum absolute atomic E-state index is 0.137. The van der Waals surface area contributed by atoms with E-state index in [2.05, 4.69) is 22.0 Å². The molecule has 4 N–H and O–H groups in total. The molecule has 1 aliphatic rings. The lowest BCUT2D eigenvalue weighted by Gasteiger charge is -2.41. The predicted octanol–water partition coefficient (Wildman–Crippen LogP) is 0.913. The Hall–Kier alpha value is -1.56. The monoisotopic (exact) mass is 260 g/mol. The maximum Gasteiger partial charge on any atom is 0.105 e. The van der Waals surface area contributed by atoms with E-state index in [-0.39, 0.29) is 6.17 Å². The van der Waals surface area contributed by atoms with Gasteiger partial charge in [0.25, 0.3) is 0 Å². The minimum atomic E-state index is -0.486. The fourth-order valence-electron chi connectivity index (χ4n) is 2.82. The van der Waals surface area contributed by atoms with Gasteiger partial charge >= 0.3 is 0 Å². The number of nitrogens with zero attached hydrogens (tertiary/aromatic N) is 2. The molecule has 5 nitrogen and oxygen atoms in total. The first-order valence-corrected chi connectivity index (χ1v) is 6.67. The molecule has 0 spiro atoms. The largest absolute Gasteiger partial charge is 0.379 e. The maximum atomic E-state index is 9.66. The number of aliphatic hydroxyl groups excluding tert-OH is 1. The van der Waals surface area contributed by atoms with E-state index in [1.807, 2.05) is 23.2 Å². The Kier molecular flexibility index (Phi) is 3.18. The summed E-state index contributed by atoms with van der Waals surface area (Å²) in [6, 6.07) is 8.27. The number of hydrogen-bond acceptors (Lipinski definition) is 4. The van der Waals surface area contributed by atoms with Crippen LogP contribution in [0.25, 0.3) is 10.9 Å². The molecule has 1 aromatic carbocycles. The van der Waals surface area contributed by atoms with Crippen LogP contribution in [0.3, 0.4) is 0 Å². The van der Waals surface area contributed by atoms with Crippen molar-refractivity contribution < 1.29 is 5.11 Å². The molecule has 0 aliphatic carbocycles. The topological polar surface area (TPSA) is 68.5 Å². The van der Waals surface area contributed by atoms with Crippen LogP contribution < -0.4 is 10.6 Å². The van der Waals surface area contributed by atoms with E-state index in [0.717, 1.165) is 25.2 Å². The van der Waals surface area contributed by atoms with Gasteiger partial charge in [0.1, 0.15) is 6.23 Å². The number of aliphatic hydroxyl groups is 1. The Morgan fingerprint density at radius 3 is 2.89 bits per heavy atom. The molecule has 102 valence electrons. The molecule has 0 radical (unpaired) electrons. The van der Waals surface area contributed by atoms with Gasteiger partial charge in [-0.05, 0) is 13.0 Å². The molecular weight excluding hydrogens is 240 g/mol. The van der Waals surface area contributed by atoms with Crippen LogP contribution in [-0.2, 0) is 0 Å². The zero-order chi connectivity index (χ0) is 13.4. The van der Waals surface area contributed by atoms with Gasteiger partial charge < -0.3 is 20.7 Å². The van der Waals surface area contributed by atoms with E-state index < -0.39 is 6.23 Å². The molecule has 2 unspecified atom stereocenters. The van der Waals surface area contributed by atoms with Crippen LogP contribution in [-0.4, -0.2) is 47.0 Å². The highest BCUT2D eigenvalue weighted by Crippen LogP contribution is 2.27. The number of nitrogens with two attached hydrogens (primary N) is 1. The van der Waals surface area contributed by atoms with E-state index >= 15 is 0 Å². The molecular formula is C14H20N4O. The summed E-state index contributed by atoms with van der Waals surface area (Å²) in [6.45, 7) is 4.15. The third-order valence-corrected chi connectivity index (χ3v) is 3.85. The number of rotatable bonds is 2. The van der Waals surface area contributed by atoms with E-state index in [1.165, 1.54) is 11.1 Å². The van der Waals surface area contributed by atoms with Crippen molar-refractivity contribution in [3.63, 3.8) is 0 Å². The van der Waals surface area contributed by atoms with Crippen molar-refractivity contribution in [1.82, 2.24) is 9.88 Å². The molecule has 1 aliphatic heterocycles. The van der Waals surface area contributed by atoms with E-state index in [0.29, 0.717) is 0 Å². The molecule has 0 saturated carbocycles. The smallest absolute Gasteiger partial charge is 0.105 e. The molecule has 1 aromatic heterocycles. The average Bonchev–Trinajstić information content (AvgIpc) is 2.82. The number of hydrogen-bond donors (Lipinski definition) is 3. The summed E-state index contributed by atoms with van der Waals surface area (Å²) in [5.74, 6) is 0. The quantitative estimate of drug-likeness (QED) is 0.751. The molecule has 0 bridgehead atoms. The summed E-state index contributed by atoms with van der Waals surface area (Å²) in [4.78, 5) is 7.49. The van der Waals surface area contributed by atoms with Crippen LogP contribution in [0, 0.1) is 0 Å². The van der Waals surface area contributed by atoms with Crippen LogP contribution in [0.15, 0.2) is 30.5 Å². The van der Waals surface area contributed by atoms with Crippen molar-refractivity contribution in [3.8, 4) is 0 Å².